The molecule has 150 valence electrons. The van der Waals surface area contributed by atoms with Gasteiger partial charge in [-0.05, 0) is 54.4 Å². The smallest absolute Gasteiger partial charge is 0.252 e. The monoisotopic (exact) mass is 390 g/mol. The van der Waals surface area contributed by atoms with Gasteiger partial charge in [0.25, 0.3) is 5.91 Å². The molecule has 0 fully saturated rings. The first-order valence-electron chi connectivity index (χ1n) is 9.47. The zero-order chi connectivity index (χ0) is 20.6. The van der Waals surface area contributed by atoms with Crippen LogP contribution in [0.1, 0.15) is 15.9 Å². The maximum absolute atomic E-state index is 12.4. The van der Waals surface area contributed by atoms with E-state index in [0.29, 0.717) is 24.3 Å². The number of carbonyl (C=O) groups is 1. The minimum absolute atomic E-state index is 0.144. The SMILES string of the molecule is COc1ccccc1CCNC(=O)c1ccc(Nc2ccc(N(C)C)cc2)nc1. The van der Waals surface area contributed by atoms with Crippen molar-refractivity contribution in [2.45, 2.75) is 6.42 Å². The lowest BCUT2D eigenvalue weighted by molar-refractivity contribution is 0.0953. The van der Waals surface area contributed by atoms with Gasteiger partial charge in [-0.1, -0.05) is 18.2 Å². The number of aromatic nitrogens is 1. The molecule has 0 aliphatic carbocycles. The van der Waals surface area contributed by atoms with Crippen LogP contribution in [0, 0.1) is 0 Å². The predicted octanol–water partition coefficient (Wildman–Crippen LogP) is 3.87. The molecule has 0 saturated heterocycles. The molecule has 2 N–H and O–H groups in total. The summed E-state index contributed by atoms with van der Waals surface area (Å²) in [5.41, 5.74) is 3.66. The van der Waals surface area contributed by atoms with E-state index in [1.807, 2.05) is 67.5 Å². The van der Waals surface area contributed by atoms with Gasteiger partial charge in [0.2, 0.25) is 0 Å². The molecule has 1 aromatic heterocycles. The van der Waals surface area contributed by atoms with E-state index in [4.69, 9.17) is 4.74 Å². The number of benzene rings is 2. The second-order valence-corrected chi connectivity index (χ2v) is 6.82. The Bertz CT molecular complexity index is 938. The van der Waals surface area contributed by atoms with E-state index in [1.54, 1.807) is 25.4 Å². The molecule has 2 aromatic carbocycles. The summed E-state index contributed by atoms with van der Waals surface area (Å²) in [5, 5.41) is 6.16. The first kappa shape index (κ1) is 20.2. The van der Waals surface area contributed by atoms with Crippen molar-refractivity contribution in [3.63, 3.8) is 0 Å². The average molecular weight is 390 g/mol. The number of pyridine rings is 1. The van der Waals surface area contributed by atoms with Crippen LogP contribution in [0.25, 0.3) is 0 Å². The lowest BCUT2D eigenvalue weighted by Gasteiger charge is -2.13. The number of amides is 1. The molecule has 1 amide bonds. The normalized spacial score (nSPS) is 10.3. The van der Waals surface area contributed by atoms with Gasteiger partial charge in [0.15, 0.2) is 0 Å². The Morgan fingerprint density at radius 1 is 1.03 bits per heavy atom. The van der Waals surface area contributed by atoms with Gasteiger partial charge in [-0.15, -0.1) is 0 Å². The van der Waals surface area contributed by atoms with Gasteiger partial charge in [0, 0.05) is 38.2 Å². The van der Waals surface area contributed by atoms with E-state index < -0.39 is 0 Å². The molecule has 6 nitrogen and oxygen atoms in total. The fourth-order valence-electron chi connectivity index (χ4n) is 2.92. The Kier molecular flexibility index (Phi) is 6.68. The summed E-state index contributed by atoms with van der Waals surface area (Å²) < 4.78 is 5.34. The molecule has 0 aliphatic heterocycles. The van der Waals surface area contributed by atoms with Gasteiger partial charge in [0.1, 0.15) is 11.6 Å². The molecular weight excluding hydrogens is 364 g/mol. The highest BCUT2D eigenvalue weighted by Gasteiger charge is 2.07. The van der Waals surface area contributed by atoms with Crippen molar-refractivity contribution in [1.29, 1.82) is 0 Å². The number of carbonyl (C=O) groups excluding carboxylic acids is 1. The summed E-state index contributed by atoms with van der Waals surface area (Å²) in [5.74, 6) is 1.37. The molecule has 0 bridgehead atoms. The third-order valence-electron chi connectivity index (χ3n) is 4.55. The number of anilines is 3. The Labute approximate surface area is 171 Å². The molecular formula is C23H26N4O2. The summed E-state index contributed by atoms with van der Waals surface area (Å²) in [7, 11) is 5.66. The first-order valence-corrected chi connectivity index (χ1v) is 9.47. The minimum Gasteiger partial charge on any atom is -0.496 e. The lowest BCUT2D eigenvalue weighted by Crippen LogP contribution is -2.25. The molecule has 6 heteroatoms. The van der Waals surface area contributed by atoms with Gasteiger partial charge >= 0.3 is 0 Å². The Morgan fingerprint density at radius 2 is 1.79 bits per heavy atom. The zero-order valence-corrected chi connectivity index (χ0v) is 17.0. The minimum atomic E-state index is -0.144. The van der Waals surface area contributed by atoms with Crippen molar-refractivity contribution in [3.05, 3.63) is 78.0 Å². The summed E-state index contributed by atoms with van der Waals surface area (Å²) in [4.78, 5) is 18.7. The van der Waals surface area contributed by atoms with Gasteiger partial charge in [-0.3, -0.25) is 4.79 Å². The highest BCUT2D eigenvalue weighted by atomic mass is 16.5. The van der Waals surface area contributed by atoms with Crippen LogP contribution in [0.3, 0.4) is 0 Å². The van der Waals surface area contributed by atoms with Crippen LogP contribution in [0.5, 0.6) is 5.75 Å². The van der Waals surface area contributed by atoms with E-state index >= 15 is 0 Å². The van der Waals surface area contributed by atoms with Crippen LogP contribution in [-0.4, -0.2) is 38.6 Å². The van der Waals surface area contributed by atoms with Crippen molar-refractivity contribution in [2.24, 2.45) is 0 Å². The van der Waals surface area contributed by atoms with Crippen LogP contribution in [0.4, 0.5) is 17.2 Å². The molecule has 3 aromatic rings. The second-order valence-electron chi connectivity index (χ2n) is 6.82. The van der Waals surface area contributed by atoms with Crippen molar-refractivity contribution >= 4 is 23.1 Å². The van der Waals surface area contributed by atoms with E-state index in [0.717, 1.165) is 22.7 Å². The molecule has 0 aliphatic rings. The molecule has 0 atom stereocenters. The summed E-state index contributed by atoms with van der Waals surface area (Å²) in [6.45, 7) is 0.525. The van der Waals surface area contributed by atoms with Gasteiger partial charge < -0.3 is 20.3 Å². The zero-order valence-electron chi connectivity index (χ0n) is 17.0. The van der Waals surface area contributed by atoms with Crippen molar-refractivity contribution in [3.8, 4) is 5.75 Å². The first-order chi connectivity index (χ1) is 14.1. The van der Waals surface area contributed by atoms with Crippen molar-refractivity contribution in [2.75, 3.05) is 38.0 Å². The van der Waals surface area contributed by atoms with Gasteiger partial charge in [0.05, 0.1) is 12.7 Å². The Hall–Kier alpha value is -3.54. The highest BCUT2D eigenvalue weighted by molar-refractivity contribution is 5.94. The molecule has 0 radical (unpaired) electrons. The number of methoxy groups -OCH3 is 1. The number of para-hydroxylation sites is 1. The Morgan fingerprint density at radius 3 is 2.45 bits per heavy atom. The largest absolute Gasteiger partial charge is 0.496 e. The van der Waals surface area contributed by atoms with Crippen LogP contribution in [-0.2, 0) is 6.42 Å². The standard InChI is InChI=1S/C23H26N4O2/c1-27(2)20-11-9-19(10-12-20)26-22-13-8-18(16-25-22)23(28)24-15-14-17-6-4-5-7-21(17)29-3/h4-13,16H,14-15H2,1-3H3,(H,24,28)(H,25,26). The number of hydrogen-bond donors (Lipinski definition) is 2. The summed E-state index contributed by atoms with van der Waals surface area (Å²) >= 11 is 0. The Balaban J connectivity index is 1.53. The molecule has 0 saturated carbocycles. The topological polar surface area (TPSA) is 66.5 Å². The van der Waals surface area contributed by atoms with Crippen LogP contribution in [0.2, 0.25) is 0 Å². The van der Waals surface area contributed by atoms with Crippen molar-refractivity contribution < 1.29 is 9.53 Å². The third kappa shape index (κ3) is 5.48. The number of ether oxygens (including phenoxy) is 1. The fraction of sp³-hybridized carbons (Fsp3) is 0.217. The number of rotatable bonds is 8. The van der Waals surface area contributed by atoms with E-state index in [2.05, 4.69) is 15.6 Å². The molecule has 0 spiro atoms. The molecule has 0 unspecified atom stereocenters. The maximum Gasteiger partial charge on any atom is 0.252 e. The van der Waals surface area contributed by atoms with E-state index in [-0.39, 0.29) is 5.91 Å². The van der Waals surface area contributed by atoms with E-state index in [1.165, 1.54) is 0 Å². The number of hydrogen-bond acceptors (Lipinski definition) is 5. The molecule has 1 heterocycles. The summed E-state index contributed by atoms with van der Waals surface area (Å²) in [6.07, 6.45) is 2.28. The van der Waals surface area contributed by atoms with Crippen molar-refractivity contribution in [1.82, 2.24) is 10.3 Å². The highest BCUT2D eigenvalue weighted by Crippen LogP contribution is 2.19. The van der Waals surface area contributed by atoms with Crippen LogP contribution in [0.15, 0.2) is 66.9 Å². The third-order valence-corrected chi connectivity index (χ3v) is 4.55. The maximum atomic E-state index is 12.4. The van der Waals surface area contributed by atoms with Crippen LogP contribution < -0.4 is 20.3 Å². The quantitative estimate of drug-likeness (QED) is 0.611. The fourth-order valence-corrected chi connectivity index (χ4v) is 2.92. The molecule has 29 heavy (non-hydrogen) atoms. The van der Waals surface area contributed by atoms with E-state index in [9.17, 15) is 4.79 Å². The predicted molar refractivity (Wildman–Crippen MR) is 117 cm³/mol. The second kappa shape index (κ2) is 9.59. The average Bonchev–Trinajstić information content (AvgIpc) is 2.75. The number of nitrogens with zero attached hydrogens (tertiary/aromatic N) is 2. The van der Waals surface area contributed by atoms with Crippen LogP contribution >= 0.6 is 0 Å². The number of nitrogens with one attached hydrogen (secondary N) is 2. The lowest BCUT2D eigenvalue weighted by atomic mass is 10.1. The van der Waals surface area contributed by atoms with Gasteiger partial charge in [-0.25, -0.2) is 4.98 Å². The van der Waals surface area contributed by atoms with Gasteiger partial charge in [-0.2, -0.15) is 0 Å². The molecule has 3 rings (SSSR count). The summed E-state index contributed by atoms with van der Waals surface area (Å²) in [6, 6.07) is 19.4.